The molecule has 0 spiro atoms. The molecular formula is C16H22FN3O3. The quantitative estimate of drug-likeness (QED) is 0.791. The average Bonchev–Trinajstić information content (AvgIpc) is 2.72. The highest BCUT2D eigenvalue weighted by atomic mass is 19.1. The highest BCUT2D eigenvalue weighted by molar-refractivity contribution is 5.87. The Kier molecular flexibility index (Phi) is 5.78. The molecule has 2 rings (SSSR count). The fraction of sp³-hybridized carbons (Fsp3) is 0.500. The predicted octanol–water partition coefficient (Wildman–Crippen LogP) is 1.86. The van der Waals surface area contributed by atoms with E-state index in [-0.39, 0.29) is 11.7 Å². The maximum atomic E-state index is 13.7. The molecule has 1 fully saturated rings. The number of nitrogens with one attached hydrogen (secondary N) is 3. The Morgan fingerprint density at radius 3 is 2.91 bits per heavy atom. The Hall–Kier alpha value is -2.31. The summed E-state index contributed by atoms with van der Waals surface area (Å²) in [5.41, 5.74) is 0.615. The van der Waals surface area contributed by atoms with Crippen molar-refractivity contribution >= 4 is 11.9 Å². The minimum atomic E-state index is -0.530. The Labute approximate surface area is 134 Å². The van der Waals surface area contributed by atoms with Gasteiger partial charge in [-0.25, -0.2) is 9.18 Å². The minimum absolute atomic E-state index is 0.153. The molecule has 0 radical (unpaired) electrons. The third-order valence-corrected chi connectivity index (χ3v) is 3.86. The van der Waals surface area contributed by atoms with E-state index in [1.165, 1.54) is 19.2 Å². The highest BCUT2D eigenvalue weighted by Gasteiger charge is 2.23. The number of rotatable bonds is 4. The van der Waals surface area contributed by atoms with Gasteiger partial charge in [-0.2, -0.15) is 0 Å². The summed E-state index contributed by atoms with van der Waals surface area (Å²) in [5, 5.41) is 8.14. The van der Waals surface area contributed by atoms with Gasteiger partial charge in [0.05, 0.1) is 13.2 Å². The van der Waals surface area contributed by atoms with Gasteiger partial charge in [-0.05, 0) is 43.9 Å². The smallest absolute Gasteiger partial charge is 0.315 e. The molecule has 0 aliphatic carbocycles. The van der Waals surface area contributed by atoms with Crippen molar-refractivity contribution in [2.45, 2.75) is 38.3 Å². The van der Waals surface area contributed by atoms with Crippen LogP contribution in [0.1, 0.15) is 37.8 Å². The first-order chi connectivity index (χ1) is 11.0. The summed E-state index contributed by atoms with van der Waals surface area (Å²) in [5.74, 6) is -0.497. The molecule has 0 unspecified atom stereocenters. The molecule has 1 saturated heterocycles. The van der Waals surface area contributed by atoms with Crippen LogP contribution in [0.3, 0.4) is 0 Å². The zero-order valence-corrected chi connectivity index (χ0v) is 13.3. The van der Waals surface area contributed by atoms with E-state index in [1.54, 1.807) is 13.0 Å². The number of benzene rings is 1. The van der Waals surface area contributed by atoms with Crippen LogP contribution in [0.15, 0.2) is 18.2 Å². The molecule has 0 saturated carbocycles. The fourth-order valence-corrected chi connectivity index (χ4v) is 2.51. The molecule has 23 heavy (non-hydrogen) atoms. The van der Waals surface area contributed by atoms with Crippen molar-refractivity contribution in [1.82, 2.24) is 16.0 Å². The Morgan fingerprint density at radius 1 is 1.43 bits per heavy atom. The van der Waals surface area contributed by atoms with Crippen LogP contribution in [0.5, 0.6) is 5.75 Å². The normalized spacial score (nSPS) is 19.3. The van der Waals surface area contributed by atoms with Gasteiger partial charge in [0.25, 0.3) is 0 Å². The average molecular weight is 323 g/mol. The summed E-state index contributed by atoms with van der Waals surface area (Å²) in [7, 11) is 1.39. The number of halogens is 1. The summed E-state index contributed by atoms with van der Waals surface area (Å²) < 4.78 is 18.6. The van der Waals surface area contributed by atoms with Crippen molar-refractivity contribution in [3.05, 3.63) is 29.6 Å². The Morgan fingerprint density at radius 2 is 2.22 bits per heavy atom. The zero-order chi connectivity index (χ0) is 16.8. The first-order valence-corrected chi connectivity index (χ1v) is 7.69. The van der Waals surface area contributed by atoms with Crippen molar-refractivity contribution in [1.29, 1.82) is 0 Å². The first-order valence-electron chi connectivity index (χ1n) is 7.69. The van der Waals surface area contributed by atoms with Gasteiger partial charge in [0.15, 0.2) is 11.6 Å². The van der Waals surface area contributed by atoms with Crippen molar-refractivity contribution < 1.29 is 18.7 Å². The van der Waals surface area contributed by atoms with Gasteiger partial charge in [0, 0.05) is 6.54 Å². The van der Waals surface area contributed by atoms with Crippen LogP contribution in [0.25, 0.3) is 0 Å². The zero-order valence-electron chi connectivity index (χ0n) is 13.3. The molecule has 1 heterocycles. The van der Waals surface area contributed by atoms with Crippen LogP contribution in [0, 0.1) is 5.82 Å². The number of carbonyl (C=O) groups is 2. The van der Waals surface area contributed by atoms with E-state index in [1.807, 2.05) is 0 Å². The summed E-state index contributed by atoms with van der Waals surface area (Å²) in [6.07, 6.45) is 2.40. The molecule has 3 N–H and O–H groups in total. The van der Waals surface area contributed by atoms with E-state index < -0.39 is 23.9 Å². The largest absolute Gasteiger partial charge is 0.494 e. The number of amides is 3. The van der Waals surface area contributed by atoms with Crippen LogP contribution >= 0.6 is 0 Å². The predicted molar refractivity (Wildman–Crippen MR) is 83.7 cm³/mol. The second-order valence-corrected chi connectivity index (χ2v) is 5.57. The fourth-order valence-electron chi connectivity index (χ4n) is 2.51. The van der Waals surface area contributed by atoms with Gasteiger partial charge in [0.1, 0.15) is 6.04 Å². The molecule has 3 amide bonds. The van der Waals surface area contributed by atoms with Gasteiger partial charge in [-0.3, -0.25) is 4.79 Å². The van der Waals surface area contributed by atoms with Gasteiger partial charge in [-0.1, -0.05) is 6.07 Å². The lowest BCUT2D eigenvalue weighted by molar-refractivity contribution is -0.122. The van der Waals surface area contributed by atoms with E-state index in [4.69, 9.17) is 4.74 Å². The minimum Gasteiger partial charge on any atom is -0.494 e. The van der Waals surface area contributed by atoms with Gasteiger partial charge in [0.2, 0.25) is 5.91 Å². The van der Waals surface area contributed by atoms with Crippen LogP contribution in [-0.2, 0) is 4.79 Å². The van der Waals surface area contributed by atoms with E-state index in [0.717, 1.165) is 12.8 Å². The highest BCUT2D eigenvalue weighted by Crippen LogP contribution is 2.21. The second-order valence-electron chi connectivity index (χ2n) is 5.57. The van der Waals surface area contributed by atoms with Gasteiger partial charge >= 0.3 is 6.03 Å². The monoisotopic (exact) mass is 323 g/mol. The molecule has 126 valence electrons. The molecule has 1 aliphatic heterocycles. The summed E-state index contributed by atoms with van der Waals surface area (Å²) in [6.45, 7) is 2.38. The van der Waals surface area contributed by atoms with Gasteiger partial charge in [-0.15, -0.1) is 0 Å². The number of hydrogen-bond donors (Lipinski definition) is 3. The lowest BCUT2D eigenvalue weighted by Gasteiger charge is -2.19. The second kappa shape index (κ2) is 7.80. The number of carbonyl (C=O) groups excluding carboxylic acids is 2. The molecule has 1 aromatic carbocycles. The van der Waals surface area contributed by atoms with Crippen molar-refractivity contribution in [3.63, 3.8) is 0 Å². The molecule has 0 aromatic heterocycles. The number of ether oxygens (including phenoxy) is 1. The molecular weight excluding hydrogens is 301 g/mol. The molecule has 7 heteroatoms. The van der Waals surface area contributed by atoms with Crippen LogP contribution in [-0.4, -0.2) is 31.6 Å². The molecule has 1 aromatic rings. The van der Waals surface area contributed by atoms with Crippen molar-refractivity contribution in [3.8, 4) is 5.75 Å². The number of methoxy groups -OCH3 is 1. The number of urea groups is 1. The van der Waals surface area contributed by atoms with Crippen LogP contribution in [0.4, 0.5) is 9.18 Å². The maximum Gasteiger partial charge on any atom is 0.315 e. The Balaban J connectivity index is 1.93. The molecule has 0 bridgehead atoms. The lowest BCUT2D eigenvalue weighted by atomic mass is 10.1. The van der Waals surface area contributed by atoms with Crippen LogP contribution in [0.2, 0.25) is 0 Å². The number of hydrogen-bond acceptors (Lipinski definition) is 3. The third-order valence-electron chi connectivity index (χ3n) is 3.86. The maximum absolute atomic E-state index is 13.7. The SMILES string of the molecule is COc1ccc([C@@H](C)NC(=O)N[C@@H]2CCCCNC2=O)cc1F. The van der Waals surface area contributed by atoms with E-state index in [0.29, 0.717) is 18.5 Å². The first kappa shape index (κ1) is 17.1. The Bertz CT molecular complexity index is 580. The van der Waals surface area contributed by atoms with E-state index in [9.17, 15) is 14.0 Å². The summed E-state index contributed by atoms with van der Waals surface area (Å²) >= 11 is 0. The standard InChI is InChI=1S/C16H22FN3O3/c1-10(11-6-7-14(23-2)12(17)9-11)19-16(22)20-13-5-3-4-8-18-15(13)21/h6-7,9-10,13H,3-5,8H2,1-2H3,(H,18,21)(H2,19,20,22)/t10-,13-/m1/s1. The molecule has 1 aliphatic rings. The molecule has 2 atom stereocenters. The van der Waals surface area contributed by atoms with Crippen molar-refractivity contribution in [2.24, 2.45) is 0 Å². The summed E-state index contributed by atoms with van der Waals surface area (Å²) in [6, 6.07) is 3.14. The topological polar surface area (TPSA) is 79.5 Å². The van der Waals surface area contributed by atoms with Crippen LogP contribution < -0.4 is 20.7 Å². The third kappa shape index (κ3) is 4.58. The van der Waals surface area contributed by atoms with Gasteiger partial charge < -0.3 is 20.7 Å². The summed E-state index contributed by atoms with van der Waals surface area (Å²) in [4.78, 5) is 23.8. The van der Waals surface area contributed by atoms with E-state index >= 15 is 0 Å². The lowest BCUT2D eigenvalue weighted by Crippen LogP contribution is -2.49. The van der Waals surface area contributed by atoms with E-state index in [2.05, 4.69) is 16.0 Å². The molecule has 6 nitrogen and oxygen atoms in total. The van der Waals surface area contributed by atoms with Crippen molar-refractivity contribution in [2.75, 3.05) is 13.7 Å².